The van der Waals surface area contributed by atoms with Crippen LogP contribution in [0.4, 0.5) is 0 Å². The van der Waals surface area contributed by atoms with Gasteiger partial charge >= 0.3 is 0 Å². The van der Waals surface area contributed by atoms with Gasteiger partial charge in [-0.15, -0.1) is 0 Å². The summed E-state index contributed by atoms with van der Waals surface area (Å²) >= 11 is 0. The highest BCUT2D eigenvalue weighted by Gasteiger charge is 2.27. The first kappa shape index (κ1) is 10.0. The van der Waals surface area contributed by atoms with Gasteiger partial charge in [0.2, 0.25) is 0 Å². The van der Waals surface area contributed by atoms with E-state index >= 15 is 0 Å². The molecule has 12 heavy (non-hydrogen) atoms. The summed E-state index contributed by atoms with van der Waals surface area (Å²) in [5.41, 5.74) is 0. The molecule has 0 radical (unpaired) electrons. The predicted octanol–water partition coefficient (Wildman–Crippen LogP) is 1.80. The molecule has 1 saturated carbocycles. The zero-order valence-electron chi connectivity index (χ0n) is 8.47. The minimum absolute atomic E-state index is 0.352. The first-order valence-corrected chi connectivity index (χ1v) is 5.04. The summed E-state index contributed by atoms with van der Waals surface area (Å²) in [6, 6.07) is 0.562. The molecular weight excluding hydrogens is 150 g/mol. The summed E-state index contributed by atoms with van der Waals surface area (Å²) in [4.78, 5) is 0. The van der Waals surface area contributed by atoms with Crippen molar-refractivity contribution in [2.45, 2.75) is 45.3 Å². The van der Waals surface area contributed by atoms with Crippen LogP contribution in [-0.2, 0) is 4.74 Å². The van der Waals surface area contributed by atoms with E-state index in [4.69, 9.17) is 4.74 Å². The van der Waals surface area contributed by atoms with E-state index in [2.05, 4.69) is 19.2 Å². The maximum Gasteiger partial charge on any atom is 0.0696 e. The first-order valence-electron chi connectivity index (χ1n) is 5.04. The van der Waals surface area contributed by atoms with E-state index in [1.54, 1.807) is 7.11 Å². The van der Waals surface area contributed by atoms with Gasteiger partial charge in [-0.25, -0.2) is 0 Å². The number of rotatable bonds is 6. The predicted molar refractivity (Wildman–Crippen MR) is 51.3 cm³/mol. The molecule has 0 amide bonds. The standard InChI is InChI=1S/C10H21NO/c1-4-11-10(8(2)12-3)7-9-5-6-9/h8-11H,4-7H2,1-3H3. The fraction of sp³-hybridized carbons (Fsp3) is 1.00. The molecule has 1 N–H and O–H groups in total. The zero-order chi connectivity index (χ0) is 8.97. The summed E-state index contributed by atoms with van der Waals surface area (Å²) in [6.07, 6.45) is 4.50. The highest BCUT2D eigenvalue weighted by atomic mass is 16.5. The molecule has 72 valence electrons. The Morgan fingerprint density at radius 1 is 1.50 bits per heavy atom. The Morgan fingerprint density at radius 3 is 2.58 bits per heavy atom. The number of likely N-dealkylation sites (N-methyl/N-ethyl adjacent to an activating group) is 1. The summed E-state index contributed by atoms with van der Waals surface area (Å²) in [7, 11) is 1.79. The van der Waals surface area contributed by atoms with Crippen molar-refractivity contribution in [2.75, 3.05) is 13.7 Å². The Hall–Kier alpha value is -0.0800. The molecule has 2 nitrogen and oxygen atoms in total. The molecule has 2 heteroatoms. The van der Waals surface area contributed by atoms with Crippen molar-refractivity contribution in [2.24, 2.45) is 5.92 Å². The molecule has 2 unspecified atom stereocenters. The van der Waals surface area contributed by atoms with Crippen LogP contribution >= 0.6 is 0 Å². The second kappa shape index (κ2) is 4.83. The van der Waals surface area contributed by atoms with E-state index in [0.29, 0.717) is 12.1 Å². The van der Waals surface area contributed by atoms with Gasteiger partial charge in [0.25, 0.3) is 0 Å². The molecule has 0 spiro atoms. The number of hydrogen-bond donors (Lipinski definition) is 1. The Bertz CT molecular complexity index is 123. The van der Waals surface area contributed by atoms with Crippen molar-refractivity contribution in [1.29, 1.82) is 0 Å². The highest BCUT2D eigenvalue weighted by molar-refractivity contribution is 4.83. The molecule has 1 aliphatic rings. The summed E-state index contributed by atoms with van der Waals surface area (Å²) in [6.45, 7) is 5.35. The summed E-state index contributed by atoms with van der Waals surface area (Å²) in [5, 5.41) is 3.48. The van der Waals surface area contributed by atoms with E-state index in [0.717, 1.165) is 12.5 Å². The molecular formula is C10H21NO. The van der Waals surface area contributed by atoms with Crippen LogP contribution in [0.2, 0.25) is 0 Å². The van der Waals surface area contributed by atoms with Crippen molar-refractivity contribution >= 4 is 0 Å². The molecule has 0 aromatic carbocycles. The lowest BCUT2D eigenvalue weighted by Crippen LogP contribution is -2.39. The molecule has 0 bridgehead atoms. The van der Waals surface area contributed by atoms with Crippen LogP contribution in [0.15, 0.2) is 0 Å². The molecule has 2 atom stereocenters. The monoisotopic (exact) mass is 171 g/mol. The average molecular weight is 171 g/mol. The van der Waals surface area contributed by atoms with E-state index in [-0.39, 0.29) is 0 Å². The first-order chi connectivity index (χ1) is 5.77. The number of ether oxygens (including phenoxy) is 1. The van der Waals surface area contributed by atoms with Gasteiger partial charge in [-0.3, -0.25) is 0 Å². The Kier molecular flexibility index (Phi) is 4.02. The van der Waals surface area contributed by atoms with Gasteiger partial charge in [0.1, 0.15) is 0 Å². The van der Waals surface area contributed by atoms with Gasteiger partial charge in [-0.05, 0) is 25.8 Å². The van der Waals surface area contributed by atoms with Crippen molar-refractivity contribution < 1.29 is 4.74 Å². The minimum atomic E-state index is 0.352. The third kappa shape index (κ3) is 3.11. The van der Waals surface area contributed by atoms with Gasteiger partial charge in [0.15, 0.2) is 0 Å². The van der Waals surface area contributed by atoms with E-state index in [1.807, 2.05) is 0 Å². The topological polar surface area (TPSA) is 21.3 Å². The molecule has 0 aromatic heterocycles. The third-order valence-electron chi connectivity index (χ3n) is 2.69. The van der Waals surface area contributed by atoms with Crippen molar-refractivity contribution in [1.82, 2.24) is 5.32 Å². The van der Waals surface area contributed by atoms with Crippen LogP contribution in [0.3, 0.4) is 0 Å². The zero-order valence-corrected chi connectivity index (χ0v) is 8.47. The Morgan fingerprint density at radius 2 is 2.17 bits per heavy atom. The van der Waals surface area contributed by atoms with Crippen molar-refractivity contribution in [3.05, 3.63) is 0 Å². The van der Waals surface area contributed by atoms with Crippen LogP contribution < -0.4 is 5.32 Å². The van der Waals surface area contributed by atoms with E-state index in [1.165, 1.54) is 19.3 Å². The molecule has 0 saturated heterocycles. The van der Waals surface area contributed by atoms with E-state index < -0.39 is 0 Å². The number of methoxy groups -OCH3 is 1. The average Bonchev–Trinajstić information content (AvgIpc) is 2.86. The summed E-state index contributed by atoms with van der Waals surface area (Å²) in [5.74, 6) is 0.978. The maximum absolute atomic E-state index is 5.33. The van der Waals surface area contributed by atoms with Crippen LogP contribution in [-0.4, -0.2) is 25.8 Å². The van der Waals surface area contributed by atoms with Gasteiger partial charge in [0, 0.05) is 13.2 Å². The quantitative estimate of drug-likeness (QED) is 0.658. The SMILES string of the molecule is CCNC(CC1CC1)C(C)OC. The molecule has 1 aliphatic carbocycles. The van der Waals surface area contributed by atoms with Gasteiger partial charge in [-0.1, -0.05) is 19.8 Å². The number of hydrogen-bond acceptors (Lipinski definition) is 2. The molecule has 1 fully saturated rings. The normalized spacial score (nSPS) is 22.2. The molecule has 0 aliphatic heterocycles. The smallest absolute Gasteiger partial charge is 0.0696 e. The number of nitrogens with one attached hydrogen (secondary N) is 1. The fourth-order valence-corrected chi connectivity index (χ4v) is 1.58. The minimum Gasteiger partial charge on any atom is -0.380 e. The Balaban J connectivity index is 2.24. The third-order valence-corrected chi connectivity index (χ3v) is 2.69. The molecule has 1 rings (SSSR count). The van der Waals surface area contributed by atoms with Crippen LogP contribution in [0.25, 0.3) is 0 Å². The lowest BCUT2D eigenvalue weighted by Gasteiger charge is -2.23. The van der Waals surface area contributed by atoms with Crippen LogP contribution in [0.1, 0.15) is 33.1 Å². The lowest BCUT2D eigenvalue weighted by atomic mass is 10.1. The fourth-order valence-electron chi connectivity index (χ4n) is 1.58. The van der Waals surface area contributed by atoms with Crippen LogP contribution in [0.5, 0.6) is 0 Å². The van der Waals surface area contributed by atoms with Gasteiger partial charge in [-0.2, -0.15) is 0 Å². The second-order valence-corrected chi connectivity index (χ2v) is 3.78. The van der Waals surface area contributed by atoms with Crippen molar-refractivity contribution in [3.8, 4) is 0 Å². The largest absolute Gasteiger partial charge is 0.380 e. The maximum atomic E-state index is 5.33. The second-order valence-electron chi connectivity index (χ2n) is 3.78. The Labute approximate surface area is 75.7 Å². The van der Waals surface area contributed by atoms with Crippen LogP contribution in [0, 0.1) is 5.92 Å². The van der Waals surface area contributed by atoms with Gasteiger partial charge in [0.05, 0.1) is 6.10 Å². The van der Waals surface area contributed by atoms with E-state index in [9.17, 15) is 0 Å². The molecule has 0 heterocycles. The van der Waals surface area contributed by atoms with Crippen molar-refractivity contribution in [3.63, 3.8) is 0 Å². The lowest BCUT2D eigenvalue weighted by molar-refractivity contribution is 0.0787. The van der Waals surface area contributed by atoms with Gasteiger partial charge < -0.3 is 10.1 Å². The molecule has 0 aromatic rings. The highest BCUT2D eigenvalue weighted by Crippen LogP contribution is 2.34. The summed E-state index contributed by atoms with van der Waals surface area (Å²) < 4.78 is 5.33.